The molecule has 1 aromatic heterocycles. The molecule has 7 nitrogen and oxygen atoms in total. The SMILES string of the molecule is O=C1C[C@H](O)C[C@@H](CCn2c(-c3ccc(F)cc3)nc(C(=O)O)c2C2CC2)O1. The first kappa shape index (κ1) is 18.6. The molecule has 4 rings (SSSR count). The fourth-order valence-corrected chi connectivity index (χ4v) is 3.75. The smallest absolute Gasteiger partial charge is 0.356 e. The Hall–Kier alpha value is -2.74. The maximum atomic E-state index is 13.3. The highest BCUT2D eigenvalue weighted by atomic mass is 19.1. The first-order chi connectivity index (χ1) is 13.4. The lowest BCUT2D eigenvalue weighted by atomic mass is 10.0. The maximum Gasteiger partial charge on any atom is 0.356 e. The van der Waals surface area contributed by atoms with Crippen molar-refractivity contribution < 1.29 is 28.9 Å². The Morgan fingerprint density at radius 2 is 2.00 bits per heavy atom. The molecule has 2 atom stereocenters. The Kier molecular flexibility index (Phi) is 4.89. The third-order valence-corrected chi connectivity index (χ3v) is 5.19. The number of halogens is 1. The van der Waals surface area contributed by atoms with Gasteiger partial charge in [0.1, 0.15) is 17.7 Å². The lowest BCUT2D eigenvalue weighted by Crippen LogP contribution is -2.33. The van der Waals surface area contributed by atoms with Gasteiger partial charge in [-0.05, 0) is 37.1 Å². The Labute approximate surface area is 160 Å². The molecule has 0 unspecified atom stereocenters. The summed E-state index contributed by atoms with van der Waals surface area (Å²) in [6.07, 6.45) is 1.43. The van der Waals surface area contributed by atoms with Crippen molar-refractivity contribution in [1.29, 1.82) is 0 Å². The van der Waals surface area contributed by atoms with Crippen LogP contribution in [0.4, 0.5) is 4.39 Å². The highest BCUT2D eigenvalue weighted by Crippen LogP contribution is 2.43. The Balaban J connectivity index is 1.68. The van der Waals surface area contributed by atoms with Gasteiger partial charge >= 0.3 is 11.9 Å². The van der Waals surface area contributed by atoms with Crippen LogP contribution in [0, 0.1) is 5.82 Å². The van der Waals surface area contributed by atoms with Gasteiger partial charge in [0.2, 0.25) is 0 Å². The summed E-state index contributed by atoms with van der Waals surface area (Å²) >= 11 is 0. The Morgan fingerprint density at radius 1 is 1.29 bits per heavy atom. The van der Waals surface area contributed by atoms with E-state index in [-0.39, 0.29) is 23.8 Å². The molecule has 2 aromatic rings. The average molecular weight is 388 g/mol. The van der Waals surface area contributed by atoms with Crippen LogP contribution in [-0.2, 0) is 16.1 Å². The quantitative estimate of drug-likeness (QED) is 0.738. The van der Waals surface area contributed by atoms with Gasteiger partial charge in [0.15, 0.2) is 5.69 Å². The summed E-state index contributed by atoms with van der Waals surface area (Å²) in [5, 5.41) is 19.4. The fraction of sp³-hybridized carbons (Fsp3) is 0.450. The van der Waals surface area contributed by atoms with Crippen LogP contribution in [0.1, 0.15) is 54.2 Å². The molecule has 1 aromatic carbocycles. The number of benzene rings is 1. The number of nitrogens with zero attached hydrogens (tertiary/aromatic N) is 2. The first-order valence-corrected chi connectivity index (χ1v) is 9.39. The van der Waals surface area contributed by atoms with E-state index in [1.165, 1.54) is 12.1 Å². The summed E-state index contributed by atoms with van der Waals surface area (Å²) < 4.78 is 20.5. The molecule has 148 valence electrons. The minimum absolute atomic E-state index is 0.00110. The van der Waals surface area contributed by atoms with Crippen molar-refractivity contribution in [2.75, 3.05) is 0 Å². The summed E-state index contributed by atoms with van der Waals surface area (Å²) in [6.45, 7) is 0.392. The van der Waals surface area contributed by atoms with E-state index in [4.69, 9.17) is 4.74 Å². The molecule has 2 aliphatic rings. The lowest BCUT2D eigenvalue weighted by Gasteiger charge is -2.26. The number of rotatable bonds is 6. The molecule has 2 heterocycles. The zero-order valence-corrected chi connectivity index (χ0v) is 15.2. The van der Waals surface area contributed by atoms with Gasteiger partial charge in [-0.3, -0.25) is 4.79 Å². The number of ether oxygens (including phenoxy) is 1. The minimum Gasteiger partial charge on any atom is -0.476 e. The molecule has 2 N–H and O–H groups in total. The molecule has 0 radical (unpaired) electrons. The number of carboxylic acids is 1. The van der Waals surface area contributed by atoms with Crippen LogP contribution in [0.3, 0.4) is 0 Å². The molecule has 1 saturated carbocycles. The number of aromatic carboxylic acids is 1. The molecule has 1 aliphatic heterocycles. The molecule has 1 aliphatic carbocycles. The molecule has 1 saturated heterocycles. The molecule has 2 fully saturated rings. The van der Waals surface area contributed by atoms with E-state index in [9.17, 15) is 24.2 Å². The van der Waals surface area contributed by atoms with Gasteiger partial charge in [-0.15, -0.1) is 0 Å². The average Bonchev–Trinajstić information content (AvgIpc) is 3.40. The predicted molar refractivity (Wildman–Crippen MR) is 96.3 cm³/mol. The largest absolute Gasteiger partial charge is 0.476 e. The first-order valence-electron chi connectivity index (χ1n) is 9.39. The number of aromatic nitrogens is 2. The molecule has 28 heavy (non-hydrogen) atoms. The van der Waals surface area contributed by atoms with Gasteiger partial charge in [0.05, 0.1) is 18.2 Å². The van der Waals surface area contributed by atoms with E-state index >= 15 is 0 Å². The standard InChI is InChI=1S/C20H21FN2O5/c21-13-5-3-12(4-6-13)19-22-17(20(26)27)18(11-1-2-11)23(19)8-7-15-9-14(24)10-16(25)28-15/h3-6,11,14-15,24H,1-2,7-10H2,(H,26,27)/t14-,15-/m1/s1. The van der Waals surface area contributed by atoms with Gasteiger partial charge in [-0.2, -0.15) is 0 Å². The summed E-state index contributed by atoms with van der Waals surface area (Å²) in [4.78, 5) is 27.7. The Bertz CT molecular complexity index is 904. The van der Waals surface area contributed by atoms with Crippen molar-refractivity contribution in [3.63, 3.8) is 0 Å². The third-order valence-electron chi connectivity index (χ3n) is 5.19. The highest BCUT2D eigenvalue weighted by molar-refractivity contribution is 5.88. The lowest BCUT2D eigenvalue weighted by molar-refractivity contribution is -0.160. The number of carbonyl (C=O) groups is 2. The maximum absolute atomic E-state index is 13.3. The number of imidazole rings is 1. The zero-order chi connectivity index (χ0) is 19.8. The number of cyclic esters (lactones) is 1. The van der Waals surface area contributed by atoms with Crippen LogP contribution >= 0.6 is 0 Å². The van der Waals surface area contributed by atoms with Crippen molar-refractivity contribution in [3.8, 4) is 11.4 Å². The predicted octanol–water partition coefficient (Wildman–Crippen LogP) is 2.72. The summed E-state index contributed by atoms with van der Waals surface area (Å²) in [7, 11) is 0. The zero-order valence-electron chi connectivity index (χ0n) is 15.2. The number of aliphatic hydroxyl groups is 1. The molecular formula is C20H21FN2O5. The van der Waals surface area contributed by atoms with Gasteiger partial charge in [0.25, 0.3) is 0 Å². The van der Waals surface area contributed by atoms with Crippen molar-refractivity contribution in [3.05, 3.63) is 41.5 Å². The van der Waals surface area contributed by atoms with Crippen LogP contribution in [-0.4, -0.2) is 43.9 Å². The number of esters is 1. The van der Waals surface area contributed by atoms with E-state index in [2.05, 4.69) is 4.98 Å². The van der Waals surface area contributed by atoms with E-state index in [0.29, 0.717) is 36.5 Å². The fourth-order valence-electron chi connectivity index (χ4n) is 3.75. The number of aliphatic hydroxyl groups excluding tert-OH is 1. The van der Waals surface area contributed by atoms with E-state index in [1.807, 2.05) is 4.57 Å². The van der Waals surface area contributed by atoms with E-state index in [0.717, 1.165) is 12.8 Å². The van der Waals surface area contributed by atoms with Crippen molar-refractivity contribution >= 4 is 11.9 Å². The van der Waals surface area contributed by atoms with E-state index < -0.39 is 24.1 Å². The van der Waals surface area contributed by atoms with Gasteiger partial charge in [-0.25, -0.2) is 14.2 Å². The van der Waals surface area contributed by atoms with Gasteiger partial charge in [0, 0.05) is 30.9 Å². The van der Waals surface area contributed by atoms with Crippen molar-refractivity contribution in [1.82, 2.24) is 9.55 Å². The van der Waals surface area contributed by atoms with E-state index in [1.54, 1.807) is 12.1 Å². The number of hydrogen-bond acceptors (Lipinski definition) is 5. The van der Waals surface area contributed by atoms with Gasteiger partial charge in [-0.1, -0.05) is 0 Å². The second-order valence-electron chi connectivity index (χ2n) is 7.40. The molecule has 8 heteroatoms. The van der Waals surface area contributed by atoms with Crippen LogP contribution in [0.5, 0.6) is 0 Å². The normalized spacial score (nSPS) is 22.1. The van der Waals surface area contributed by atoms with Gasteiger partial charge < -0.3 is 19.5 Å². The second kappa shape index (κ2) is 7.35. The topological polar surface area (TPSA) is 102 Å². The third kappa shape index (κ3) is 3.77. The van der Waals surface area contributed by atoms with Crippen molar-refractivity contribution in [2.24, 2.45) is 0 Å². The van der Waals surface area contributed by atoms with Crippen molar-refractivity contribution in [2.45, 2.75) is 56.8 Å². The number of hydrogen-bond donors (Lipinski definition) is 2. The highest BCUT2D eigenvalue weighted by Gasteiger charge is 2.35. The molecule has 0 amide bonds. The number of carboxylic acid groups (broad SMARTS) is 1. The second-order valence-corrected chi connectivity index (χ2v) is 7.40. The molecular weight excluding hydrogens is 367 g/mol. The summed E-state index contributed by atoms with van der Waals surface area (Å²) in [6, 6.07) is 5.76. The van der Waals surface area contributed by atoms with Crippen LogP contribution in [0.15, 0.2) is 24.3 Å². The monoisotopic (exact) mass is 388 g/mol. The Morgan fingerprint density at radius 3 is 2.61 bits per heavy atom. The summed E-state index contributed by atoms with van der Waals surface area (Å²) in [5.74, 6) is -1.31. The van der Waals surface area contributed by atoms with Crippen LogP contribution < -0.4 is 0 Å². The van der Waals surface area contributed by atoms with Crippen LogP contribution in [0.2, 0.25) is 0 Å². The molecule has 0 bridgehead atoms. The molecule has 0 spiro atoms. The minimum atomic E-state index is -1.09. The summed E-state index contributed by atoms with van der Waals surface area (Å²) in [5.41, 5.74) is 1.30. The number of carbonyl (C=O) groups excluding carboxylic acids is 1. The van der Waals surface area contributed by atoms with Crippen LogP contribution in [0.25, 0.3) is 11.4 Å².